The van der Waals surface area contributed by atoms with Crippen LogP contribution in [0.25, 0.3) is 0 Å². The van der Waals surface area contributed by atoms with Gasteiger partial charge in [0, 0.05) is 13.3 Å². The molecule has 0 radical (unpaired) electrons. The molecule has 0 atom stereocenters. The molecule has 0 bridgehead atoms. The molecule has 7 nitrogen and oxygen atoms in total. The minimum absolute atomic E-state index is 0.0136. The molecule has 1 N–H and O–H groups in total. The van der Waals surface area contributed by atoms with Crippen LogP contribution in [0.5, 0.6) is 0 Å². The highest BCUT2D eigenvalue weighted by Crippen LogP contribution is 2.21. The normalized spacial score (nSPS) is 11.1. The molecule has 2 aromatic rings. The maximum Gasteiger partial charge on any atom is 0.283 e. The average Bonchev–Trinajstić information content (AvgIpc) is 2.89. The number of methoxy groups -OCH3 is 1. The van der Waals surface area contributed by atoms with Crippen molar-refractivity contribution in [3.63, 3.8) is 0 Å². The molecule has 114 valence electrons. The lowest BCUT2D eigenvalue weighted by molar-refractivity contribution is 0.183. The van der Waals surface area contributed by atoms with Gasteiger partial charge in [0.2, 0.25) is 0 Å². The van der Waals surface area contributed by atoms with Crippen molar-refractivity contribution in [2.75, 3.05) is 19.0 Å². The van der Waals surface area contributed by atoms with Crippen LogP contribution in [0.1, 0.15) is 19.9 Å². The van der Waals surface area contributed by atoms with Gasteiger partial charge in [-0.25, -0.2) is 4.68 Å². The molecule has 8 heteroatoms. The molecule has 0 fully saturated rings. The van der Waals surface area contributed by atoms with E-state index in [1.165, 1.54) is 4.68 Å². The molecule has 0 aliphatic heterocycles. The van der Waals surface area contributed by atoms with Gasteiger partial charge < -0.3 is 10.1 Å². The van der Waals surface area contributed by atoms with E-state index >= 15 is 0 Å². The van der Waals surface area contributed by atoms with Crippen LogP contribution in [0.4, 0.5) is 11.4 Å². The van der Waals surface area contributed by atoms with Crippen LogP contribution >= 0.6 is 15.9 Å². The van der Waals surface area contributed by atoms with E-state index in [1.807, 2.05) is 20.0 Å². The van der Waals surface area contributed by atoms with Crippen LogP contribution in [-0.4, -0.2) is 33.3 Å². The Kier molecular flexibility index (Phi) is 5.13. The lowest BCUT2D eigenvalue weighted by atomic mass is 10.4. The summed E-state index contributed by atoms with van der Waals surface area (Å²) in [5.41, 5.74) is 1.24. The van der Waals surface area contributed by atoms with Gasteiger partial charge in [-0.05, 0) is 29.8 Å². The third kappa shape index (κ3) is 3.70. The highest BCUT2D eigenvalue weighted by atomic mass is 79.9. The Morgan fingerprint density at radius 2 is 2.14 bits per heavy atom. The molecule has 0 aliphatic carbocycles. The first-order chi connectivity index (χ1) is 10.0. The second kappa shape index (κ2) is 6.86. The molecular weight excluding hydrogens is 338 g/mol. The van der Waals surface area contributed by atoms with Gasteiger partial charge in [0.15, 0.2) is 0 Å². The van der Waals surface area contributed by atoms with Gasteiger partial charge in [0.05, 0.1) is 43.0 Å². The van der Waals surface area contributed by atoms with Crippen molar-refractivity contribution in [2.24, 2.45) is 0 Å². The summed E-state index contributed by atoms with van der Waals surface area (Å²) in [5, 5.41) is 11.5. The molecule has 0 unspecified atom stereocenters. The molecule has 2 heterocycles. The Hall–Kier alpha value is -1.67. The van der Waals surface area contributed by atoms with E-state index in [9.17, 15) is 4.79 Å². The van der Waals surface area contributed by atoms with Crippen LogP contribution in [0.2, 0.25) is 0 Å². The lowest BCUT2D eigenvalue weighted by Crippen LogP contribution is -2.25. The summed E-state index contributed by atoms with van der Waals surface area (Å²) in [4.78, 5) is 12.1. The van der Waals surface area contributed by atoms with Crippen molar-refractivity contribution in [3.8, 4) is 0 Å². The summed E-state index contributed by atoms with van der Waals surface area (Å²) in [7, 11) is 1.65. The number of rotatable bonds is 6. The summed E-state index contributed by atoms with van der Waals surface area (Å²) in [6.45, 7) is 5.09. The molecule has 0 aromatic carbocycles. The maximum atomic E-state index is 12.1. The Morgan fingerprint density at radius 3 is 2.81 bits per heavy atom. The SMILES string of the molecule is COCCn1cc(Nc2cnn(C(C)C)c(=O)c2Br)cn1. The van der Waals surface area contributed by atoms with E-state index in [-0.39, 0.29) is 11.6 Å². The topological polar surface area (TPSA) is 74.0 Å². The third-order valence-corrected chi connectivity index (χ3v) is 3.64. The Morgan fingerprint density at radius 1 is 1.38 bits per heavy atom. The molecule has 0 aliphatic rings. The number of halogens is 1. The summed E-state index contributed by atoms with van der Waals surface area (Å²) in [6, 6.07) is 0.0136. The number of hydrogen-bond acceptors (Lipinski definition) is 5. The first-order valence-electron chi connectivity index (χ1n) is 6.58. The molecule has 0 spiro atoms. The van der Waals surface area contributed by atoms with Crippen molar-refractivity contribution in [1.29, 1.82) is 0 Å². The smallest absolute Gasteiger partial charge is 0.283 e. The van der Waals surface area contributed by atoms with Gasteiger partial charge in [-0.1, -0.05) is 0 Å². The maximum absolute atomic E-state index is 12.1. The van der Waals surface area contributed by atoms with Crippen molar-refractivity contribution >= 4 is 27.3 Å². The lowest BCUT2D eigenvalue weighted by Gasteiger charge is -2.11. The van der Waals surface area contributed by atoms with E-state index in [2.05, 4.69) is 31.4 Å². The predicted molar refractivity (Wildman–Crippen MR) is 84.0 cm³/mol. The highest BCUT2D eigenvalue weighted by molar-refractivity contribution is 9.10. The van der Waals surface area contributed by atoms with Gasteiger partial charge >= 0.3 is 0 Å². The van der Waals surface area contributed by atoms with E-state index in [0.717, 1.165) is 5.69 Å². The molecule has 0 amide bonds. The molecule has 0 saturated heterocycles. The number of nitrogens with zero attached hydrogens (tertiary/aromatic N) is 4. The second-order valence-corrected chi connectivity index (χ2v) is 5.62. The minimum atomic E-state index is -0.165. The molecule has 2 rings (SSSR count). The zero-order valence-electron chi connectivity index (χ0n) is 12.2. The second-order valence-electron chi connectivity index (χ2n) is 4.83. The van der Waals surface area contributed by atoms with Crippen molar-refractivity contribution in [2.45, 2.75) is 26.4 Å². The fourth-order valence-corrected chi connectivity index (χ4v) is 2.17. The Balaban J connectivity index is 2.18. The van der Waals surface area contributed by atoms with Crippen molar-refractivity contribution < 1.29 is 4.74 Å². The van der Waals surface area contributed by atoms with E-state index in [0.29, 0.717) is 23.3 Å². The van der Waals surface area contributed by atoms with Crippen LogP contribution in [0.15, 0.2) is 27.9 Å². The quantitative estimate of drug-likeness (QED) is 0.859. The largest absolute Gasteiger partial charge is 0.383 e. The summed E-state index contributed by atoms with van der Waals surface area (Å²) >= 11 is 3.32. The zero-order chi connectivity index (χ0) is 15.4. The summed E-state index contributed by atoms with van der Waals surface area (Å²) in [6.07, 6.45) is 5.16. The highest BCUT2D eigenvalue weighted by Gasteiger charge is 2.11. The number of anilines is 2. The fourth-order valence-electron chi connectivity index (χ4n) is 1.79. The first-order valence-corrected chi connectivity index (χ1v) is 7.38. The molecular formula is C13H18BrN5O2. The molecule has 21 heavy (non-hydrogen) atoms. The molecule has 2 aromatic heterocycles. The van der Waals surface area contributed by atoms with Gasteiger partial charge in [0.1, 0.15) is 4.47 Å². The van der Waals surface area contributed by atoms with Gasteiger partial charge in [-0.2, -0.15) is 10.2 Å². The van der Waals surface area contributed by atoms with E-state index < -0.39 is 0 Å². The van der Waals surface area contributed by atoms with Crippen molar-refractivity contribution in [1.82, 2.24) is 19.6 Å². The molecule has 0 saturated carbocycles. The number of ether oxygens (including phenoxy) is 1. The van der Waals surface area contributed by atoms with Gasteiger partial charge in [-0.15, -0.1) is 0 Å². The first kappa shape index (κ1) is 15.7. The predicted octanol–water partition coefficient (Wildman–Crippen LogP) is 2.17. The Labute approximate surface area is 131 Å². The van der Waals surface area contributed by atoms with E-state index in [1.54, 1.807) is 24.2 Å². The van der Waals surface area contributed by atoms with Crippen LogP contribution in [0, 0.1) is 0 Å². The van der Waals surface area contributed by atoms with Crippen LogP contribution in [0.3, 0.4) is 0 Å². The summed E-state index contributed by atoms with van der Waals surface area (Å²) in [5.74, 6) is 0. The monoisotopic (exact) mass is 355 g/mol. The number of hydrogen-bond donors (Lipinski definition) is 1. The Bertz CT molecular complexity index is 665. The fraction of sp³-hybridized carbons (Fsp3) is 0.462. The van der Waals surface area contributed by atoms with Gasteiger partial charge in [-0.3, -0.25) is 9.48 Å². The summed E-state index contributed by atoms with van der Waals surface area (Å²) < 4.78 is 8.65. The van der Waals surface area contributed by atoms with Crippen LogP contribution < -0.4 is 10.9 Å². The standard InChI is InChI=1S/C13H18BrN5O2/c1-9(2)19-13(20)12(14)11(7-16-19)17-10-6-15-18(8-10)4-5-21-3/h6-9,17H,4-5H2,1-3H3. The van der Waals surface area contributed by atoms with Crippen molar-refractivity contribution in [3.05, 3.63) is 33.4 Å². The number of aromatic nitrogens is 4. The zero-order valence-corrected chi connectivity index (χ0v) is 13.8. The van der Waals surface area contributed by atoms with Gasteiger partial charge in [0.25, 0.3) is 5.56 Å². The minimum Gasteiger partial charge on any atom is -0.383 e. The number of nitrogens with one attached hydrogen (secondary N) is 1. The van der Waals surface area contributed by atoms with E-state index in [4.69, 9.17) is 4.74 Å². The van der Waals surface area contributed by atoms with Crippen LogP contribution in [-0.2, 0) is 11.3 Å². The third-order valence-electron chi connectivity index (χ3n) is 2.87. The average molecular weight is 356 g/mol.